The van der Waals surface area contributed by atoms with Crippen LogP contribution >= 0.6 is 11.6 Å². The Morgan fingerprint density at radius 3 is 2.73 bits per heavy atom. The average Bonchev–Trinajstić information content (AvgIpc) is 3.50. The fourth-order valence-corrected chi connectivity index (χ4v) is 3.83. The molecule has 2 aliphatic carbocycles. The maximum Gasteiger partial charge on any atom is 0.258 e. The number of benzene rings is 2. The normalized spacial score (nSPS) is 22.7. The largest absolute Gasteiger partial charge is 0.325 e. The number of nitrogens with zero attached hydrogens (tertiary/aromatic N) is 1. The van der Waals surface area contributed by atoms with Gasteiger partial charge in [-0.05, 0) is 54.0 Å². The Morgan fingerprint density at radius 2 is 1.96 bits per heavy atom. The van der Waals surface area contributed by atoms with Crippen molar-refractivity contribution in [1.82, 2.24) is 4.57 Å². The van der Waals surface area contributed by atoms with Crippen molar-refractivity contribution in [3.8, 4) is 0 Å². The van der Waals surface area contributed by atoms with Crippen LogP contribution in [-0.4, -0.2) is 10.5 Å². The SMILES string of the molecule is O=C(Nc1cc(Cl)ccc1Cn1ccc2ccccc2c1=O)C12CC1C2. The third kappa shape index (κ3) is 2.44. The van der Waals surface area contributed by atoms with Crippen LogP contribution in [-0.2, 0) is 11.3 Å². The molecule has 2 aromatic carbocycles. The lowest BCUT2D eigenvalue weighted by atomic mass is 10.1. The van der Waals surface area contributed by atoms with E-state index in [9.17, 15) is 9.59 Å². The molecule has 3 aromatic rings. The van der Waals surface area contributed by atoms with Crippen LogP contribution in [0.3, 0.4) is 0 Å². The van der Waals surface area contributed by atoms with Crippen molar-refractivity contribution in [2.75, 3.05) is 5.32 Å². The highest BCUT2D eigenvalue weighted by molar-refractivity contribution is 6.31. The van der Waals surface area contributed by atoms with Gasteiger partial charge in [-0.2, -0.15) is 0 Å². The first-order chi connectivity index (χ1) is 12.6. The van der Waals surface area contributed by atoms with Crippen LogP contribution in [0.25, 0.3) is 10.8 Å². The lowest BCUT2D eigenvalue weighted by molar-refractivity contribution is -0.119. The molecule has 0 saturated heterocycles. The average molecular weight is 365 g/mol. The summed E-state index contributed by atoms with van der Waals surface area (Å²) < 4.78 is 1.66. The van der Waals surface area contributed by atoms with Crippen LogP contribution in [0.2, 0.25) is 5.02 Å². The van der Waals surface area contributed by atoms with Crippen LogP contribution in [0.4, 0.5) is 5.69 Å². The van der Waals surface area contributed by atoms with Gasteiger partial charge >= 0.3 is 0 Å². The van der Waals surface area contributed by atoms with E-state index in [1.165, 1.54) is 0 Å². The molecule has 0 atom stereocenters. The minimum Gasteiger partial charge on any atom is -0.325 e. The molecular formula is C21H17ClN2O2. The van der Waals surface area contributed by atoms with Crippen molar-refractivity contribution in [2.45, 2.75) is 19.4 Å². The van der Waals surface area contributed by atoms with Crippen molar-refractivity contribution in [1.29, 1.82) is 0 Å². The van der Waals surface area contributed by atoms with E-state index in [-0.39, 0.29) is 16.9 Å². The van der Waals surface area contributed by atoms with Gasteiger partial charge in [0, 0.05) is 22.3 Å². The molecule has 1 heterocycles. The first-order valence-electron chi connectivity index (χ1n) is 8.75. The summed E-state index contributed by atoms with van der Waals surface area (Å²) in [5, 5.41) is 5.21. The number of nitrogens with one attached hydrogen (secondary N) is 1. The van der Waals surface area contributed by atoms with E-state index in [0.717, 1.165) is 23.8 Å². The van der Waals surface area contributed by atoms with Gasteiger partial charge in [-0.25, -0.2) is 0 Å². The first-order valence-corrected chi connectivity index (χ1v) is 9.13. The summed E-state index contributed by atoms with van der Waals surface area (Å²) in [6, 6.07) is 14.9. The van der Waals surface area contributed by atoms with Gasteiger partial charge in [-0.3, -0.25) is 9.59 Å². The summed E-state index contributed by atoms with van der Waals surface area (Å²) in [6.45, 7) is 0.382. The predicted molar refractivity (Wildman–Crippen MR) is 103 cm³/mol. The quantitative estimate of drug-likeness (QED) is 0.759. The molecule has 1 amide bonds. The maximum absolute atomic E-state index is 12.8. The Morgan fingerprint density at radius 1 is 1.19 bits per heavy atom. The second kappa shape index (κ2) is 5.45. The maximum atomic E-state index is 12.8. The summed E-state index contributed by atoms with van der Waals surface area (Å²) in [6.07, 6.45) is 3.79. The zero-order chi connectivity index (χ0) is 17.9. The van der Waals surface area contributed by atoms with E-state index < -0.39 is 0 Å². The highest BCUT2D eigenvalue weighted by Gasteiger charge is 2.74. The summed E-state index contributed by atoms with van der Waals surface area (Å²) in [4.78, 5) is 25.2. The monoisotopic (exact) mass is 364 g/mol. The highest BCUT2D eigenvalue weighted by Crippen LogP contribution is 2.75. The van der Waals surface area contributed by atoms with Crippen LogP contribution < -0.4 is 10.9 Å². The lowest BCUT2D eigenvalue weighted by Gasteiger charge is -2.14. The van der Waals surface area contributed by atoms with E-state index in [1.807, 2.05) is 36.4 Å². The number of hydrogen-bond acceptors (Lipinski definition) is 2. The van der Waals surface area contributed by atoms with Crippen LogP contribution in [0, 0.1) is 11.3 Å². The van der Waals surface area contributed by atoms with E-state index >= 15 is 0 Å². The predicted octanol–water partition coefficient (Wildman–Crippen LogP) is 4.05. The van der Waals surface area contributed by atoms with E-state index in [0.29, 0.717) is 28.6 Å². The number of anilines is 1. The van der Waals surface area contributed by atoms with E-state index in [2.05, 4.69) is 5.32 Å². The third-order valence-corrected chi connectivity index (χ3v) is 5.92. The van der Waals surface area contributed by atoms with Gasteiger partial charge < -0.3 is 9.88 Å². The van der Waals surface area contributed by atoms with Gasteiger partial charge in [0.15, 0.2) is 0 Å². The molecule has 0 spiro atoms. The number of aromatic nitrogens is 1. The third-order valence-electron chi connectivity index (χ3n) is 5.68. The molecule has 0 radical (unpaired) electrons. The number of amides is 1. The fraction of sp³-hybridized carbons (Fsp3) is 0.238. The molecular weight excluding hydrogens is 348 g/mol. The van der Waals surface area contributed by atoms with Crippen molar-refractivity contribution in [3.05, 3.63) is 75.7 Å². The minimum absolute atomic E-state index is 0.0432. The second-order valence-corrected chi connectivity index (χ2v) is 7.79. The van der Waals surface area contributed by atoms with Gasteiger partial charge in [0.2, 0.25) is 5.91 Å². The molecule has 0 aliphatic heterocycles. The van der Waals surface area contributed by atoms with Crippen molar-refractivity contribution < 1.29 is 4.79 Å². The van der Waals surface area contributed by atoms with E-state index in [4.69, 9.17) is 11.6 Å². The van der Waals surface area contributed by atoms with E-state index in [1.54, 1.807) is 22.9 Å². The molecule has 0 bridgehead atoms. The molecule has 0 unspecified atom stereocenters. The molecule has 5 heteroatoms. The Labute approximate surface area is 155 Å². The number of carbonyl (C=O) groups is 1. The number of carbonyl (C=O) groups excluding carboxylic acids is 1. The van der Waals surface area contributed by atoms with Crippen LogP contribution in [0.15, 0.2) is 59.5 Å². The van der Waals surface area contributed by atoms with Gasteiger partial charge in [-0.15, -0.1) is 0 Å². The minimum atomic E-state index is -0.112. The molecule has 26 heavy (non-hydrogen) atoms. The van der Waals surface area contributed by atoms with Crippen molar-refractivity contribution >= 4 is 34.0 Å². The number of halogens is 1. The number of fused-ring (bicyclic) bond motifs is 2. The molecule has 5 rings (SSSR count). The van der Waals surface area contributed by atoms with Crippen molar-refractivity contribution in [2.24, 2.45) is 11.3 Å². The molecule has 1 aromatic heterocycles. The smallest absolute Gasteiger partial charge is 0.258 e. The van der Waals surface area contributed by atoms with Crippen LogP contribution in [0.5, 0.6) is 0 Å². The van der Waals surface area contributed by atoms with Gasteiger partial charge in [0.25, 0.3) is 5.56 Å². The second-order valence-electron chi connectivity index (χ2n) is 7.35. The molecule has 2 aliphatic rings. The number of pyridine rings is 1. The first kappa shape index (κ1) is 15.6. The summed E-state index contributed by atoms with van der Waals surface area (Å²) >= 11 is 6.13. The summed E-state index contributed by atoms with van der Waals surface area (Å²) in [5.74, 6) is 0.658. The Kier molecular flexibility index (Phi) is 3.28. The summed E-state index contributed by atoms with van der Waals surface area (Å²) in [5.41, 5.74) is 1.40. The Balaban J connectivity index is 1.49. The van der Waals surface area contributed by atoms with Gasteiger partial charge in [0.05, 0.1) is 12.0 Å². The van der Waals surface area contributed by atoms with Gasteiger partial charge in [0.1, 0.15) is 0 Å². The molecule has 2 saturated carbocycles. The Bertz CT molecular complexity index is 1110. The fourth-order valence-electron chi connectivity index (χ4n) is 3.66. The highest BCUT2D eigenvalue weighted by atomic mass is 35.5. The molecule has 2 fully saturated rings. The Hall–Kier alpha value is -2.59. The topological polar surface area (TPSA) is 51.1 Å². The van der Waals surface area contributed by atoms with Crippen molar-refractivity contribution in [3.63, 3.8) is 0 Å². The lowest BCUT2D eigenvalue weighted by Crippen LogP contribution is -2.22. The van der Waals surface area contributed by atoms with Crippen LogP contribution in [0.1, 0.15) is 18.4 Å². The standard InChI is InChI=1S/C21H17ClN2O2/c22-16-6-5-14(18(9-16)23-20(26)21-10-15(21)11-21)12-24-8-7-13-3-1-2-4-17(13)19(24)25/h1-9,15H,10-12H2,(H,23,26). The molecule has 1 N–H and O–H groups in total. The zero-order valence-corrected chi connectivity index (χ0v) is 14.8. The zero-order valence-electron chi connectivity index (χ0n) is 14.0. The number of rotatable bonds is 4. The molecule has 4 nitrogen and oxygen atoms in total. The summed E-state index contributed by atoms with van der Waals surface area (Å²) in [7, 11) is 0. The number of hydrogen-bond donors (Lipinski definition) is 1. The molecule has 130 valence electrons. The van der Waals surface area contributed by atoms with Gasteiger partial charge in [-0.1, -0.05) is 35.9 Å².